The Labute approximate surface area is 118 Å². The molecule has 0 spiro atoms. The highest BCUT2D eigenvalue weighted by atomic mass is 16.5. The standard InChI is InChI=1S/C15H20N2O3/c1-11-8-14(18)17(15(19)9-11)6-7-20-13-5-3-2-4-12(13)10-16/h2-5,11H,6-10,16H2,1H3. The number of para-hydroxylation sites is 1. The van der Waals surface area contributed by atoms with Gasteiger partial charge in [-0.05, 0) is 12.0 Å². The Kier molecular flexibility index (Phi) is 4.74. The van der Waals surface area contributed by atoms with E-state index in [1.165, 1.54) is 4.90 Å². The van der Waals surface area contributed by atoms with Gasteiger partial charge >= 0.3 is 0 Å². The molecule has 1 heterocycles. The number of ether oxygens (including phenoxy) is 1. The lowest BCUT2D eigenvalue weighted by Crippen LogP contribution is -2.44. The van der Waals surface area contributed by atoms with Crippen LogP contribution in [-0.4, -0.2) is 29.9 Å². The quantitative estimate of drug-likeness (QED) is 0.823. The van der Waals surface area contributed by atoms with E-state index in [-0.39, 0.29) is 17.7 Å². The zero-order chi connectivity index (χ0) is 14.5. The number of carbonyl (C=O) groups is 2. The number of rotatable bonds is 5. The number of benzene rings is 1. The minimum atomic E-state index is -0.107. The highest BCUT2D eigenvalue weighted by Crippen LogP contribution is 2.20. The van der Waals surface area contributed by atoms with E-state index in [0.29, 0.717) is 38.3 Å². The van der Waals surface area contributed by atoms with E-state index in [4.69, 9.17) is 10.5 Å². The third kappa shape index (κ3) is 3.36. The zero-order valence-electron chi connectivity index (χ0n) is 11.7. The Hall–Kier alpha value is -1.88. The maximum atomic E-state index is 11.8. The van der Waals surface area contributed by atoms with E-state index in [2.05, 4.69) is 0 Å². The van der Waals surface area contributed by atoms with E-state index >= 15 is 0 Å². The first-order chi connectivity index (χ1) is 9.61. The van der Waals surface area contributed by atoms with E-state index in [9.17, 15) is 9.59 Å². The highest BCUT2D eigenvalue weighted by Gasteiger charge is 2.29. The Bertz CT molecular complexity index is 484. The minimum Gasteiger partial charge on any atom is -0.491 e. The largest absolute Gasteiger partial charge is 0.491 e. The van der Waals surface area contributed by atoms with E-state index in [1.807, 2.05) is 31.2 Å². The number of likely N-dealkylation sites (tertiary alicyclic amines) is 1. The first-order valence-electron chi connectivity index (χ1n) is 6.85. The second kappa shape index (κ2) is 6.52. The molecule has 1 aromatic rings. The van der Waals surface area contributed by atoms with Crippen molar-refractivity contribution in [1.82, 2.24) is 4.90 Å². The SMILES string of the molecule is CC1CC(=O)N(CCOc2ccccc2CN)C(=O)C1. The van der Waals surface area contributed by atoms with Crippen LogP contribution in [0.1, 0.15) is 25.3 Å². The van der Waals surface area contributed by atoms with Crippen molar-refractivity contribution in [3.05, 3.63) is 29.8 Å². The second-order valence-electron chi connectivity index (χ2n) is 5.11. The molecule has 1 saturated heterocycles. The number of hydrogen-bond donors (Lipinski definition) is 1. The monoisotopic (exact) mass is 276 g/mol. The molecular formula is C15H20N2O3. The Balaban J connectivity index is 1.89. The number of imide groups is 1. The Morgan fingerprint density at radius 3 is 2.55 bits per heavy atom. The molecule has 0 unspecified atom stereocenters. The molecule has 2 amide bonds. The van der Waals surface area contributed by atoms with Gasteiger partial charge in [0.1, 0.15) is 12.4 Å². The molecule has 0 aliphatic carbocycles. The summed E-state index contributed by atoms with van der Waals surface area (Å²) in [7, 11) is 0. The van der Waals surface area contributed by atoms with Crippen LogP contribution in [0.25, 0.3) is 0 Å². The van der Waals surface area contributed by atoms with E-state index in [1.54, 1.807) is 0 Å². The fourth-order valence-electron chi connectivity index (χ4n) is 2.34. The number of nitrogens with two attached hydrogens (primary N) is 1. The van der Waals surface area contributed by atoms with Gasteiger partial charge in [-0.1, -0.05) is 25.1 Å². The lowest BCUT2D eigenvalue weighted by molar-refractivity contribution is -0.150. The summed E-state index contributed by atoms with van der Waals surface area (Å²) in [6, 6.07) is 7.50. The van der Waals surface area contributed by atoms with Gasteiger partial charge in [0.05, 0.1) is 6.54 Å². The third-order valence-corrected chi connectivity index (χ3v) is 3.41. The van der Waals surface area contributed by atoms with Gasteiger partial charge in [-0.3, -0.25) is 14.5 Å². The molecular weight excluding hydrogens is 256 g/mol. The molecule has 1 aromatic carbocycles. The minimum absolute atomic E-state index is 0.107. The average Bonchev–Trinajstić information content (AvgIpc) is 2.42. The summed E-state index contributed by atoms with van der Waals surface area (Å²) in [6.45, 7) is 2.91. The van der Waals surface area contributed by atoms with Crippen molar-refractivity contribution < 1.29 is 14.3 Å². The molecule has 5 heteroatoms. The average molecular weight is 276 g/mol. The molecule has 0 atom stereocenters. The van der Waals surface area contributed by atoms with Gasteiger partial charge in [-0.2, -0.15) is 0 Å². The van der Waals surface area contributed by atoms with Crippen LogP contribution in [0.2, 0.25) is 0 Å². The molecule has 0 aromatic heterocycles. The van der Waals surface area contributed by atoms with Crippen molar-refractivity contribution in [2.24, 2.45) is 11.7 Å². The summed E-state index contributed by atoms with van der Waals surface area (Å²) in [5, 5.41) is 0. The van der Waals surface area contributed by atoms with Crippen LogP contribution in [0.5, 0.6) is 5.75 Å². The summed E-state index contributed by atoms with van der Waals surface area (Å²) < 4.78 is 5.63. The summed E-state index contributed by atoms with van der Waals surface area (Å²) in [5.41, 5.74) is 6.54. The number of piperidine rings is 1. The van der Waals surface area contributed by atoms with Gasteiger partial charge in [-0.15, -0.1) is 0 Å². The van der Waals surface area contributed by atoms with Gasteiger partial charge in [0.25, 0.3) is 0 Å². The van der Waals surface area contributed by atoms with Crippen molar-refractivity contribution in [3.63, 3.8) is 0 Å². The van der Waals surface area contributed by atoms with Crippen LogP contribution in [0.3, 0.4) is 0 Å². The Morgan fingerprint density at radius 1 is 1.25 bits per heavy atom. The molecule has 0 saturated carbocycles. The molecule has 108 valence electrons. The molecule has 1 fully saturated rings. The van der Waals surface area contributed by atoms with Crippen LogP contribution in [0.4, 0.5) is 0 Å². The van der Waals surface area contributed by atoms with Crippen molar-refractivity contribution >= 4 is 11.8 Å². The smallest absolute Gasteiger partial charge is 0.229 e. The molecule has 2 N–H and O–H groups in total. The summed E-state index contributed by atoms with van der Waals surface area (Å²) >= 11 is 0. The lowest BCUT2D eigenvalue weighted by atomic mass is 9.98. The lowest BCUT2D eigenvalue weighted by Gasteiger charge is -2.28. The van der Waals surface area contributed by atoms with Crippen LogP contribution in [-0.2, 0) is 16.1 Å². The summed E-state index contributed by atoms with van der Waals surface area (Å²) in [4.78, 5) is 24.9. The van der Waals surface area contributed by atoms with E-state index in [0.717, 1.165) is 5.56 Å². The van der Waals surface area contributed by atoms with Crippen molar-refractivity contribution in [2.45, 2.75) is 26.3 Å². The molecule has 0 radical (unpaired) electrons. The molecule has 20 heavy (non-hydrogen) atoms. The number of amides is 2. The fourth-order valence-corrected chi connectivity index (χ4v) is 2.34. The summed E-state index contributed by atoms with van der Waals surface area (Å²) in [5.74, 6) is 0.638. The zero-order valence-corrected chi connectivity index (χ0v) is 11.7. The van der Waals surface area contributed by atoms with Crippen LogP contribution in [0.15, 0.2) is 24.3 Å². The Morgan fingerprint density at radius 2 is 1.90 bits per heavy atom. The first-order valence-corrected chi connectivity index (χ1v) is 6.85. The second-order valence-corrected chi connectivity index (χ2v) is 5.11. The first kappa shape index (κ1) is 14.5. The predicted octanol–water partition coefficient (Wildman–Crippen LogP) is 1.31. The number of carbonyl (C=O) groups excluding carboxylic acids is 2. The topological polar surface area (TPSA) is 72.6 Å². The van der Waals surface area contributed by atoms with Crippen molar-refractivity contribution in [3.8, 4) is 5.75 Å². The maximum absolute atomic E-state index is 11.8. The molecule has 2 rings (SSSR count). The maximum Gasteiger partial charge on any atom is 0.229 e. The van der Waals surface area contributed by atoms with Crippen LogP contribution >= 0.6 is 0 Å². The summed E-state index contributed by atoms with van der Waals surface area (Å²) in [6.07, 6.45) is 0.871. The van der Waals surface area contributed by atoms with Gasteiger partial charge in [-0.25, -0.2) is 0 Å². The van der Waals surface area contributed by atoms with Crippen molar-refractivity contribution in [2.75, 3.05) is 13.2 Å². The normalized spacial score (nSPS) is 16.6. The predicted molar refractivity (Wildman–Crippen MR) is 74.9 cm³/mol. The van der Waals surface area contributed by atoms with Crippen LogP contribution < -0.4 is 10.5 Å². The van der Waals surface area contributed by atoms with Gasteiger partial charge in [0, 0.05) is 24.9 Å². The van der Waals surface area contributed by atoms with Crippen LogP contribution in [0, 0.1) is 5.92 Å². The molecule has 0 bridgehead atoms. The van der Waals surface area contributed by atoms with E-state index < -0.39 is 0 Å². The highest BCUT2D eigenvalue weighted by molar-refractivity contribution is 5.97. The van der Waals surface area contributed by atoms with Gasteiger partial charge < -0.3 is 10.5 Å². The van der Waals surface area contributed by atoms with Gasteiger partial charge in [0.2, 0.25) is 11.8 Å². The van der Waals surface area contributed by atoms with Gasteiger partial charge in [0.15, 0.2) is 0 Å². The number of hydrogen-bond acceptors (Lipinski definition) is 4. The molecule has 1 aliphatic rings. The molecule has 1 aliphatic heterocycles. The van der Waals surface area contributed by atoms with Crippen molar-refractivity contribution in [1.29, 1.82) is 0 Å². The fraction of sp³-hybridized carbons (Fsp3) is 0.467. The third-order valence-electron chi connectivity index (χ3n) is 3.41. The molecule has 5 nitrogen and oxygen atoms in total. The number of nitrogens with zero attached hydrogens (tertiary/aromatic N) is 1.